The summed E-state index contributed by atoms with van der Waals surface area (Å²) in [6.07, 6.45) is 8.60. The van der Waals surface area contributed by atoms with Crippen LogP contribution in [-0.4, -0.2) is 109 Å². The van der Waals surface area contributed by atoms with Crippen LogP contribution >= 0.6 is 15.9 Å². The van der Waals surface area contributed by atoms with Gasteiger partial charge in [-0.15, -0.1) is 0 Å². The van der Waals surface area contributed by atoms with Crippen LogP contribution in [0, 0.1) is 0 Å². The third kappa shape index (κ3) is 16.8. The minimum atomic E-state index is -0.490. The van der Waals surface area contributed by atoms with Crippen molar-refractivity contribution in [2.24, 2.45) is 5.73 Å². The van der Waals surface area contributed by atoms with Gasteiger partial charge in [0.1, 0.15) is 11.2 Å². The number of aromatic nitrogens is 4. The van der Waals surface area contributed by atoms with Crippen LogP contribution in [0.15, 0.2) is 113 Å². The van der Waals surface area contributed by atoms with Gasteiger partial charge in [0.25, 0.3) is 0 Å². The Balaban J connectivity index is 0.000000176. The van der Waals surface area contributed by atoms with Crippen LogP contribution in [0.4, 0.5) is 9.59 Å². The molecule has 0 spiro atoms. The number of alkyl halides is 1. The Bertz CT molecular complexity index is 2400. The average Bonchev–Trinajstić information content (AvgIpc) is 3.92. The smallest absolute Gasteiger partial charge is 0.410 e. The number of carbonyl (C=O) groups is 3. The first-order chi connectivity index (χ1) is 31.9. The minimum absolute atomic E-state index is 0.000697. The summed E-state index contributed by atoms with van der Waals surface area (Å²) in [6.45, 7) is 15.8. The fraction of sp³-hybridized carbons (Fsp3) is 0.471. The van der Waals surface area contributed by atoms with Gasteiger partial charge in [0.2, 0.25) is 0 Å². The number of Topliss-reactive ketones (excluding diaryl/α,β-unsaturated/α-hetero) is 1. The molecule has 15 nitrogen and oxygen atoms in total. The van der Waals surface area contributed by atoms with Crippen LogP contribution in [-0.2, 0) is 9.47 Å². The Morgan fingerprint density at radius 1 is 0.597 bits per heavy atom. The highest BCUT2D eigenvalue weighted by molar-refractivity contribution is 9.09. The van der Waals surface area contributed by atoms with Crippen molar-refractivity contribution in [3.8, 4) is 22.5 Å². The number of hydrogen-bond acceptors (Lipinski definition) is 9. The Morgan fingerprint density at radius 2 is 0.970 bits per heavy atom. The van der Waals surface area contributed by atoms with E-state index in [1.54, 1.807) is 14.4 Å². The maximum atomic E-state index is 12.3. The highest BCUT2D eigenvalue weighted by Gasteiger charge is 2.29. The second kappa shape index (κ2) is 24.9. The Hall–Kier alpha value is -5.71. The molecule has 362 valence electrons. The fourth-order valence-electron chi connectivity index (χ4n) is 7.74. The van der Waals surface area contributed by atoms with Gasteiger partial charge in [0.15, 0.2) is 5.78 Å². The summed E-state index contributed by atoms with van der Waals surface area (Å²) in [5.41, 5.74) is 9.28. The molecule has 5 aromatic rings. The van der Waals surface area contributed by atoms with Crippen molar-refractivity contribution < 1.29 is 23.9 Å². The molecule has 3 aromatic carbocycles. The fourth-order valence-corrected chi connectivity index (χ4v) is 8.06. The molecule has 0 unspecified atom stereocenters. The molecule has 0 radical (unpaired) electrons. The lowest BCUT2D eigenvalue weighted by Gasteiger charge is -2.33. The maximum absolute atomic E-state index is 12.3. The molecule has 2 amide bonds. The van der Waals surface area contributed by atoms with Crippen molar-refractivity contribution in [1.29, 1.82) is 0 Å². The Kier molecular flexibility index (Phi) is 19.4. The molecule has 3 aliphatic rings. The molecule has 5 heterocycles. The van der Waals surface area contributed by atoms with E-state index in [4.69, 9.17) is 15.2 Å². The Labute approximate surface area is 402 Å². The molecule has 0 aliphatic carbocycles. The summed E-state index contributed by atoms with van der Waals surface area (Å²) >= 11 is 3.10. The summed E-state index contributed by atoms with van der Waals surface area (Å²) in [6, 6.07) is 29.7. The topological polar surface area (TPSA) is 190 Å². The standard InChI is InChI=1S/C19H25N3O3.C14H17N3O.C10H20N2O2.C8H7BrO/c1-19(2,3)25-18(24)21-11-9-15(10-12-21)22-13-16(20-17(22)23)14-7-5-4-6-8-14;18-14-16-13(11-4-2-1-3-5-11)10-17(14)12-6-8-15-9-7-12;1-10(2,3)14-9(13)12-6-4-8(11)5-7-12;9-6-8(10)7-4-2-1-3-5-7/h4-8,13,15H,9-12H2,1-3H3,(H,20,23);1-5,10,12,15H,6-9H2,(H,16,18);8H,4-7,11H2,1-3H3;1-5H,6H2. The van der Waals surface area contributed by atoms with Gasteiger partial charge >= 0.3 is 23.6 Å². The zero-order valence-corrected chi connectivity index (χ0v) is 41.4. The predicted molar refractivity (Wildman–Crippen MR) is 268 cm³/mol. The number of likely N-dealkylation sites (tertiary alicyclic amines) is 2. The first-order valence-corrected chi connectivity index (χ1v) is 24.3. The van der Waals surface area contributed by atoms with Gasteiger partial charge in [-0.3, -0.25) is 13.9 Å². The number of nitrogens with zero attached hydrogens (tertiary/aromatic N) is 4. The summed E-state index contributed by atoms with van der Waals surface area (Å²) in [4.78, 5) is 68.3. The highest BCUT2D eigenvalue weighted by atomic mass is 79.9. The molecule has 16 heteroatoms. The number of carbonyl (C=O) groups excluding carboxylic acids is 3. The number of ketones is 1. The number of halogens is 1. The predicted octanol–water partition coefficient (Wildman–Crippen LogP) is 8.79. The number of nitrogens with two attached hydrogens (primary N) is 1. The first kappa shape index (κ1) is 52.3. The lowest BCUT2D eigenvalue weighted by molar-refractivity contribution is 0.0183. The molecule has 2 aromatic heterocycles. The maximum Gasteiger partial charge on any atom is 0.410 e. The number of amides is 2. The van der Waals surface area contributed by atoms with Crippen LogP contribution in [0.3, 0.4) is 0 Å². The molecule has 8 rings (SSSR count). The summed E-state index contributed by atoms with van der Waals surface area (Å²) in [5, 5.41) is 3.72. The number of benzene rings is 3. The van der Waals surface area contributed by atoms with Gasteiger partial charge in [0.05, 0.1) is 16.7 Å². The molecular formula is C51H69BrN8O7. The molecule has 3 aliphatic heterocycles. The summed E-state index contributed by atoms with van der Waals surface area (Å²) < 4.78 is 14.3. The molecule has 3 fully saturated rings. The van der Waals surface area contributed by atoms with Crippen molar-refractivity contribution in [2.45, 2.75) is 109 Å². The SMILES string of the molecule is CC(C)(C)OC(=O)N1CCC(N)CC1.CC(C)(C)OC(=O)N1CCC(n2cc(-c3ccccc3)[nH]c2=O)CC1.O=C(CBr)c1ccccc1.O=c1[nH]c(-c2ccccc2)cn1C1CCNCC1. The number of ether oxygens (including phenoxy) is 2. The van der Waals surface area contributed by atoms with Crippen molar-refractivity contribution >= 4 is 33.9 Å². The van der Waals surface area contributed by atoms with Crippen LogP contribution < -0.4 is 22.4 Å². The van der Waals surface area contributed by atoms with E-state index in [1.165, 1.54) is 0 Å². The zero-order chi connectivity index (χ0) is 48.6. The number of H-pyrrole nitrogens is 2. The molecule has 0 bridgehead atoms. The number of piperidine rings is 3. The molecule has 0 atom stereocenters. The largest absolute Gasteiger partial charge is 0.444 e. The van der Waals surface area contributed by atoms with Crippen LogP contribution in [0.1, 0.15) is 103 Å². The third-order valence-electron chi connectivity index (χ3n) is 11.3. The van der Waals surface area contributed by atoms with Crippen molar-refractivity contribution in [2.75, 3.05) is 44.6 Å². The van der Waals surface area contributed by atoms with E-state index < -0.39 is 11.2 Å². The van der Waals surface area contributed by atoms with Crippen molar-refractivity contribution in [3.05, 3.63) is 130 Å². The lowest BCUT2D eigenvalue weighted by atomic mass is 10.1. The zero-order valence-electron chi connectivity index (χ0n) is 39.8. The van der Waals surface area contributed by atoms with Gasteiger partial charge in [-0.05, 0) is 104 Å². The van der Waals surface area contributed by atoms with Gasteiger partial charge in [0, 0.05) is 62.3 Å². The highest BCUT2D eigenvalue weighted by Crippen LogP contribution is 2.25. The van der Waals surface area contributed by atoms with Gasteiger partial charge < -0.3 is 40.3 Å². The van der Waals surface area contributed by atoms with Gasteiger partial charge in [-0.2, -0.15) is 0 Å². The quantitative estimate of drug-likeness (QED) is 0.0952. The number of aromatic amines is 2. The lowest BCUT2D eigenvalue weighted by Crippen LogP contribution is -2.44. The van der Waals surface area contributed by atoms with Crippen molar-refractivity contribution in [3.63, 3.8) is 0 Å². The second-order valence-electron chi connectivity index (χ2n) is 18.9. The molecule has 0 saturated carbocycles. The molecule has 3 saturated heterocycles. The summed E-state index contributed by atoms with van der Waals surface area (Å²) in [5.74, 6) is 0.126. The number of imidazole rings is 2. The second-order valence-corrected chi connectivity index (χ2v) is 19.5. The van der Waals surface area contributed by atoms with E-state index in [2.05, 4.69) is 31.2 Å². The normalized spacial score (nSPS) is 16.0. The monoisotopic (exact) mass is 984 g/mol. The van der Waals surface area contributed by atoms with E-state index in [9.17, 15) is 24.0 Å². The van der Waals surface area contributed by atoms with E-state index in [1.807, 2.05) is 149 Å². The molecular weight excluding hydrogens is 917 g/mol. The van der Waals surface area contributed by atoms with Gasteiger partial charge in [-0.1, -0.05) is 107 Å². The van der Waals surface area contributed by atoms with E-state index >= 15 is 0 Å². The number of rotatable bonds is 6. The summed E-state index contributed by atoms with van der Waals surface area (Å²) in [7, 11) is 0. The average molecular weight is 986 g/mol. The van der Waals surface area contributed by atoms with Gasteiger partial charge in [-0.25, -0.2) is 19.2 Å². The third-order valence-corrected chi connectivity index (χ3v) is 11.8. The molecule has 67 heavy (non-hydrogen) atoms. The van der Waals surface area contributed by atoms with E-state index in [-0.39, 0.29) is 41.4 Å². The number of nitrogens with one attached hydrogen (secondary N) is 3. The van der Waals surface area contributed by atoms with Crippen molar-refractivity contribution in [1.82, 2.24) is 34.2 Å². The van der Waals surface area contributed by atoms with Crippen LogP contribution in [0.25, 0.3) is 22.5 Å². The molecule has 5 N–H and O–H groups in total. The van der Waals surface area contributed by atoms with E-state index in [0.29, 0.717) is 24.5 Å². The minimum Gasteiger partial charge on any atom is -0.444 e. The van der Waals surface area contributed by atoms with E-state index in [0.717, 1.165) is 92.8 Å². The Morgan fingerprint density at radius 3 is 1.36 bits per heavy atom. The first-order valence-electron chi connectivity index (χ1n) is 23.2. The van der Waals surface area contributed by atoms with Crippen LogP contribution in [0.5, 0.6) is 0 Å². The van der Waals surface area contributed by atoms with Crippen LogP contribution in [0.2, 0.25) is 0 Å². The number of hydrogen-bond donors (Lipinski definition) is 4.